The van der Waals surface area contributed by atoms with Crippen molar-refractivity contribution in [3.63, 3.8) is 0 Å². The lowest BCUT2D eigenvalue weighted by Crippen LogP contribution is -2.39. The third-order valence-corrected chi connectivity index (χ3v) is 6.25. The van der Waals surface area contributed by atoms with Gasteiger partial charge in [0.05, 0.1) is 6.20 Å². The van der Waals surface area contributed by atoms with Crippen molar-refractivity contribution in [3.05, 3.63) is 29.2 Å². The Morgan fingerprint density at radius 2 is 2.00 bits per heavy atom. The van der Waals surface area contributed by atoms with Gasteiger partial charge in [0.15, 0.2) is 5.65 Å². The Labute approximate surface area is 149 Å². The summed E-state index contributed by atoms with van der Waals surface area (Å²) in [6.45, 7) is 5.07. The number of likely N-dealkylation sites (tertiary alicyclic amines) is 1. The molecule has 2 aromatic heterocycles. The van der Waals surface area contributed by atoms with Gasteiger partial charge in [0.1, 0.15) is 0 Å². The monoisotopic (exact) mass is 340 g/mol. The van der Waals surface area contributed by atoms with E-state index < -0.39 is 0 Å². The molecule has 1 aliphatic heterocycles. The van der Waals surface area contributed by atoms with E-state index in [2.05, 4.69) is 21.9 Å². The molecular formula is C20H28N4O. The maximum absolute atomic E-state index is 12.9. The SMILES string of the molecule is Cc1nc2ccnn2c(C)c1CCC(=O)N1CCC[C@@H]1C1CCCC1. The van der Waals surface area contributed by atoms with Crippen molar-refractivity contribution in [1.29, 1.82) is 0 Å². The molecule has 1 atom stereocenters. The van der Waals surface area contributed by atoms with Crippen LogP contribution in [0.2, 0.25) is 0 Å². The molecule has 0 bridgehead atoms. The van der Waals surface area contributed by atoms with Gasteiger partial charge >= 0.3 is 0 Å². The molecular weight excluding hydrogens is 312 g/mol. The van der Waals surface area contributed by atoms with E-state index in [1.54, 1.807) is 6.20 Å². The van der Waals surface area contributed by atoms with Gasteiger partial charge in [0.25, 0.3) is 0 Å². The first-order valence-electron chi connectivity index (χ1n) is 9.74. The molecule has 0 radical (unpaired) electrons. The summed E-state index contributed by atoms with van der Waals surface area (Å²) in [5.74, 6) is 1.07. The maximum atomic E-state index is 12.9. The van der Waals surface area contributed by atoms with Crippen LogP contribution in [0.5, 0.6) is 0 Å². The number of aryl methyl sites for hydroxylation is 2. The Balaban J connectivity index is 1.46. The molecule has 0 unspecified atom stereocenters. The second-order valence-corrected chi connectivity index (χ2v) is 7.70. The lowest BCUT2D eigenvalue weighted by molar-refractivity contribution is -0.132. The highest BCUT2D eigenvalue weighted by molar-refractivity contribution is 5.77. The zero-order chi connectivity index (χ0) is 17.4. The molecule has 4 rings (SSSR count). The van der Waals surface area contributed by atoms with Gasteiger partial charge in [0, 0.05) is 36.5 Å². The number of nitrogens with zero attached hydrogens (tertiary/aromatic N) is 4. The Kier molecular flexibility index (Phi) is 4.48. The summed E-state index contributed by atoms with van der Waals surface area (Å²) in [5, 5.41) is 4.35. The van der Waals surface area contributed by atoms with Gasteiger partial charge < -0.3 is 4.90 Å². The fourth-order valence-corrected chi connectivity index (χ4v) is 4.94. The van der Waals surface area contributed by atoms with E-state index in [0.29, 0.717) is 18.4 Å². The molecule has 1 saturated heterocycles. The smallest absolute Gasteiger partial charge is 0.223 e. The van der Waals surface area contributed by atoms with E-state index in [9.17, 15) is 4.79 Å². The molecule has 25 heavy (non-hydrogen) atoms. The van der Waals surface area contributed by atoms with Crippen LogP contribution in [0.25, 0.3) is 5.65 Å². The molecule has 3 heterocycles. The van der Waals surface area contributed by atoms with Crippen molar-refractivity contribution in [2.24, 2.45) is 5.92 Å². The standard InChI is InChI=1S/C20H28N4O/c1-14-17(15(2)24-19(22-14)11-12-21-24)9-10-20(25)23-13-5-8-18(23)16-6-3-4-7-16/h11-12,16,18H,3-10,13H2,1-2H3/t18-/m1/s1. The van der Waals surface area contributed by atoms with Crippen LogP contribution < -0.4 is 0 Å². The summed E-state index contributed by atoms with van der Waals surface area (Å²) < 4.78 is 1.88. The molecule has 0 N–H and O–H groups in total. The summed E-state index contributed by atoms with van der Waals surface area (Å²) in [6.07, 6.45) is 10.8. The van der Waals surface area contributed by atoms with Crippen molar-refractivity contribution in [2.75, 3.05) is 6.54 Å². The molecule has 1 amide bonds. The summed E-state index contributed by atoms with van der Waals surface area (Å²) in [7, 11) is 0. The number of hydrogen-bond acceptors (Lipinski definition) is 3. The van der Waals surface area contributed by atoms with Gasteiger partial charge in [-0.1, -0.05) is 12.8 Å². The molecule has 1 saturated carbocycles. The summed E-state index contributed by atoms with van der Waals surface area (Å²) >= 11 is 0. The lowest BCUT2D eigenvalue weighted by Gasteiger charge is -2.29. The number of fused-ring (bicyclic) bond motifs is 1. The van der Waals surface area contributed by atoms with Gasteiger partial charge in [-0.25, -0.2) is 9.50 Å². The topological polar surface area (TPSA) is 50.5 Å². The van der Waals surface area contributed by atoms with Crippen LogP contribution in [-0.2, 0) is 11.2 Å². The quantitative estimate of drug-likeness (QED) is 0.856. The van der Waals surface area contributed by atoms with Gasteiger partial charge in [0.2, 0.25) is 5.91 Å². The lowest BCUT2D eigenvalue weighted by atomic mass is 9.95. The maximum Gasteiger partial charge on any atom is 0.223 e. The number of hydrogen-bond donors (Lipinski definition) is 0. The Morgan fingerprint density at radius 3 is 2.80 bits per heavy atom. The molecule has 1 aliphatic carbocycles. The Bertz CT molecular complexity index is 775. The third kappa shape index (κ3) is 3.05. The van der Waals surface area contributed by atoms with Crippen LogP contribution in [0, 0.1) is 19.8 Å². The van der Waals surface area contributed by atoms with Crippen LogP contribution in [0.1, 0.15) is 61.9 Å². The number of carbonyl (C=O) groups is 1. The van der Waals surface area contributed by atoms with Crippen molar-refractivity contribution >= 4 is 11.6 Å². The number of aromatic nitrogens is 3. The third-order valence-electron chi connectivity index (χ3n) is 6.25. The predicted molar refractivity (Wildman–Crippen MR) is 97.5 cm³/mol. The van der Waals surface area contributed by atoms with Crippen LogP contribution in [-0.4, -0.2) is 38.0 Å². The summed E-state index contributed by atoms with van der Waals surface area (Å²) in [4.78, 5) is 19.7. The summed E-state index contributed by atoms with van der Waals surface area (Å²) in [5.41, 5.74) is 4.17. The van der Waals surface area contributed by atoms with Crippen molar-refractivity contribution < 1.29 is 4.79 Å². The number of carbonyl (C=O) groups excluding carboxylic acids is 1. The van der Waals surface area contributed by atoms with Gasteiger partial charge in [-0.05, 0) is 57.4 Å². The number of amides is 1. The fraction of sp³-hybridized carbons (Fsp3) is 0.650. The molecule has 5 nitrogen and oxygen atoms in total. The van der Waals surface area contributed by atoms with Crippen LogP contribution in [0.4, 0.5) is 0 Å². The highest BCUT2D eigenvalue weighted by Gasteiger charge is 2.35. The molecule has 0 aromatic carbocycles. The normalized spacial score (nSPS) is 21.5. The van der Waals surface area contributed by atoms with Gasteiger partial charge in [-0.15, -0.1) is 0 Å². The van der Waals surface area contributed by atoms with E-state index >= 15 is 0 Å². The highest BCUT2D eigenvalue weighted by Crippen LogP contribution is 2.35. The van der Waals surface area contributed by atoms with E-state index in [4.69, 9.17) is 0 Å². The highest BCUT2D eigenvalue weighted by atomic mass is 16.2. The zero-order valence-electron chi connectivity index (χ0n) is 15.4. The second kappa shape index (κ2) is 6.77. The van der Waals surface area contributed by atoms with Crippen LogP contribution in [0.3, 0.4) is 0 Å². The minimum atomic E-state index is 0.328. The molecule has 2 fully saturated rings. The Hall–Kier alpha value is -1.91. The second-order valence-electron chi connectivity index (χ2n) is 7.70. The molecule has 2 aromatic rings. The fourth-order valence-electron chi connectivity index (χ4n) is 4.94. The average Bonchev–Trinajstić information content (AvgIpc) is 3.33. The first kappa shape index (κ1) is 16.6. The van der Waals surface area contributed by atoms with E-state index in [0.717, 1.165) is 35.9 Å². The van der Waals surface area contributed by atoms with E-state index in [1.165, 1.54) is 44.1 Å². The minimum Gasteiger partial charge on any atom is -0.339 e. The van der Waals surface area contributed by atoms with E-state index in [-0.39, 0.29) is 0 Å². The van der Waals surface area contributed by atoms with Crippen LogP contribution >= 0.6 is 0 Å². The largest absolute Gasteiger partial charge is 0.339 e. The molecule has 134 valence electrons. The molecule has 2 aliphatic rings. The van der Waals surface area contributed by atoms with Gasteiger partial charge in [-0.3, -0.25) is 4.79 Å². The van der Waals surface area contributed by atoms with E-state index in [1.807, 2.05) is 17.5 Å². The van der Waals surface area contributed by atoms with Crippen LogP contribution in [0.15, 0.2) is 12.3 Å². The first-order valence-corrected chi connectivity index (χ1v) is 9.74. The Morgan fingerprint density at radius 1 is 1.20 bits per heavy atom. The van der Waals surface area contributed by atoms with Gasteiger partial charge in [-0.2, -0.15) is 5.10 Å². The predicted octanol–water partition coefficient (Wildman–Crippen LogP) is 3.46. The molecule has 5 heteroatoms. The van der Waals surface area contributed by atoms with Crippen molar-refractivity contribution in [3.8, 4) is 0 Å². The average molecular weight is 340 g/mol. The number of rotatable bonds is 4. The summed E-state index contributed by atoms with van der Waals surface area (Å²) in [6, 6.07) is 2.43. The van der Waals surface area contributed by atoms with Crippen molar-refractivity contribution in [1.82, 2.24) is 19.5 Å². The first-order chi connectivity index (χ1) is 12.1. The minimum absolute atomic E-state index is 0.328. The van der Waals surface area contributed by atoms with Crippen molar-refractivity contribution in [2.45, 2.75) is 71.3 Å². The zero-order valence-corrected chi connectivity index (χ0v) is 15.4. The molecule has 0 spiro atoms.